The van der Waals surface area contributed by atoms with E-state index in [0.29, 0.717) is 13.1 Å². The molecule has 1 amide bonds. The zero-order valence-corrected chi connectivity index (χ0v) is 19.2. The number of carbonyl (C=O) groups excluding carboxylic acids is 1. The van der Waals surface area contributed by atoms with E-state index in [0.717, 1.165) is 18.9 Å². The number of amides is 1. The van der Waals surface area contributed by atoms with E-state index in [2.05, 4.69) is 57.2 Å². The molecule has 1 aromatic heterocycles. The van der Waals surface area contributed by atoms with Crippen molar-refractivity contribution in [2.24, 2.45) is 10.4 Å². The summed E-state index contributed by atoms with van der Waals surface area (Å²) in [6.07, 6.45) is 2.99. The highest BCUT2D eigenvalue weighted by molar-refractivity contribution is 14.0. The van der Waals surface area contributed by atoms with Gasteiger partial charge in [-0.3, -0.25) is 9.79 Å². The highest BCUT2D eigenvalue weighted by Crippen LogP contribution is 2.21. The average Bonchev–Trinajstić information content (AvgIpc) is 3.00. The number of nitrogens with one attached hydrogen (secondary N) is 4. The first-order chi connectivity index (χ1) is 12.3. The van der Waals surface area contributed by atoms with Gasteiger partial charge in [-0.15, -0.1) is 24.0 Å². The van der Waals surface area contributed by atoms with Gasteiger partial charge >= 0.3 is 0 Å². The van der Waals surface area contributed by atoms with E-state index < -0.39 is 0 Å². The van der Waals surface area contributed by atoms with Crippen LogP contribution in [0.1, 0.15) is 31.9 Å². The summed E-state index contributed by atoms with van der Waals surface area (Å²) >= 11 is 0. The Morgan fingerprint density at radius 2 is 1.78 bits per heavy atom. The predicted molar refractivity (Wildman–Crippen MR) is 124 cm³/mol. The van der Waals surface area contributed by atoms with E-state index >= 15 is 0 Å². The van der Waals surface area contributed by atoms with Gasteiger partial charge in [-0.25, -0.2) is 0 Å². The second kappa shape index (κ2) is 10.5. The molecule has 0 atom stereocenters. The first-order valence-corrected chi connectivity index (χ1v) is 9.11. The van der Waals surface area contributed by atoms with Crippen molar-refractivity contribution in [2.45, 2.75) is 34.1 Å². The summed E-state index contributed by atoms with van der Waals surface area (Å²) in [4.78, 5) is 19.4. The summed E-state index contributed by atoms with van der Waals surface area (Å²) in [7, 11) is 1.75. The van der Waals surface area contributed by atoms with Gasteiger partial charge in [-0.1, -0.05) is 39.0 Å². The molecule has 0 aliphatic heterocycles. The number of aliphatic imine (C=N–C) groups is 1. The number of para-hydroxylation sites is 1. The van der Waals surface area contributed by atoms with Crippen molar-refractivity contribution in [3.63, 3.8) is 0 Å². The number of H-pyrrole nitrogens is 1. The summed E-state index contributed by atoms with van der Waals surface area (Å²) in [5, 5.41) is 10.7. The molecule has 0 fully saturated rings. The van der Waals surface area contributed by atoms with E-state index in [1.54, 1.807) is 7.05 Å². The van der Waals surface area contributed by atoms with Crippen LogP contribution < -0.4 is 16.0 Å². The van der Waals surface area contributed by atoms with Gasteiger partial charge in [0.15, 0.2) is 5.96 Å². The van der Waals surface area contributed by atoms with Gasteiger partial charge in [0.25, 0.3) is 0 Å². The second-order valence-electron chi connectivity index (χ2n) is 7.49. The van der Waals surface area contributed by atoms with Gasteiger partial charge in [-0.2, -0.15) is 0 Å². The van der Waals surface area contributed by atoms with Crippen molar-refractivity contribution in [1.82, 2.24) is 20.9 Å². The summed E-state index contributed by atoms with van der Waals surface area (Å²) < 4.78 is 0. The van der Waals surface area contributed by atoms with Crippen LogP contribution in [0.25, 0.3) is 10.9 Å². The van der Waals surface area contributed by atoms with Crippen LogP contribution in [0.4, 0.5) is 0 Å². The molecule has 0 radical (unpaired) electrons. The Bertz CT molecular complexity index is 776. The molecule has 2 aromatic rings. The number of aromatic nitrogens is 1. The molecule has 1 aromatic carbocycles. The molecule has 0 aliphatic rings. The fourth-order valence-corrected chi connectivity index (χ4v) is 2.73. The van der Waals surface area contributed by atoms with Crippen molar-refractivity contribution < 1.29 is 4.79 Å². The van der Waals surface area contributed by atoms with Gasteiger partial charge in [-0.05, 0) is 24.5 Å². The van der Waals surface area contributed by atoms with Crippen LogP contribution in [-0.2, 0) is 11.2 Å². The fraction of sp³-hybridized carbons (Fsp3) is 0.500. The van der Waals surface area contributed by atoms with E-state index in [4.69, 9.17) is 0 Å². The summed E-state index contributed by atoms with van der Waals surface area (Å²) in [5.41, 5.74) is 3.40. The third kappa shape index (κ3) is 6.71. The number of hydrogen-bond acceptors (Lipinski definition) is 2. The van der Waals surface area contributed by atoms with Crippen LogP contribution >= 0.6 is 24.0 Å². The molecular formula is C20H32IN5O. The summed E-state index contributed by atoms with van der Waals surface area (Å²) in [6, 6.07) is 6.36. The molecule has 0 saturated carbocycles. The number of benzene rings is 1. The average molecular weight is 485 g/mol. The Morgan fingerprint density at radius 3 is 2.44 bits per heavy atom. The fourth-order valence-electron chi connectivity index (χ4n) is 2.73. The van der Waals surface area contributed by atoms with Crippen molar-refractivity contribution >= 4 is 46.7 Å². The molecule has 27 heavy (non-hydrogen) atoms. The van der Waals surface area contributed by atoms with Crippen LogP contribution in [0.15, 0.2) is 29.4 Å². The number of aryl methyl sites for hydroxylation is 1. The largest absolute Gasteiger partial charge is 0.361 e. The molecule has 1 heterocycles. The summed E-state index contributed by atoms with van der Waals surface area (Å²) in [6.45, 7) is 9.82. The predicted octanol–water partition coefficient (Wildman–Crippen LogP) is 2.96. The lowest BCUT2D eigenvalue weighted by Gasteiger charge is -2.18. The monoisotopic (exact) mass is 485 g/mol. The third-order valence-electron chi connectivity index (χ3n) is 4.30. The maximum atomic E-state index is 11.8. The number of fused-ring (bicyclic) bond motifs is 1. The zero-order valence-electron chi connectivity index (χ0n) is 16.9. The summed E-state index contributed by atoms with van der Waals surface area (Å²) in [5.74, 6) is 0.794. The number of rotatable bonds is 6. The number of guanidine groups is 1. The van der Waals surface area contributed by atoms with Crippen molar-refractivity contribution in [3.05, 3.63) is 35.5 Å². The first kappa shape index (κ1) is 23.3. The van der Waals surface area contributed by atoms with Crippen LogP contribution in [0, 0.1) is 12.3 Å². The Morgan fingerprint density at radius 1 is 1.11 bits per heavy atom. The normalized spacial score (nSPS) is 11.8. The molecule has 0 bridgehead atoms. The Kier molecular flexibility index (Phi) is 9.08. The molecule has 2 rings (SSSR count). The van der Waals surface area contributed by atoms with E-state index in [1.165, 1.54) is 22.0 Å². The van der Waals surface area contributed by atoms with Gasteiger partial charge in [0.1, 0.15) is 0 Å². The SMILES string of the molecule is CN=C(NCCNC(=O)C(C)(C)C)NCCc1c[nH]c2c(C)cccc12.I. The van der Waals surface area contributed by atoms with E-state index in [1.807, 2.05) is 20.8 Å². The number of carbonyl (C=O) groups is 1. The lowest BCUT2D eigenvalue weighted by molar-refractivity contribution is -0.128. The van der Waals surface area contributed by atoms with Crippen LogP contribution in [-0.4, -0.2) is 43.5 Å². The zero-order chi connectivity index (χ0) is 19.2. The van der Waals surface area contributed by atoms with Gasteiger partial charge in [0.05, 0.1) is 0 Å². The lowest BCUT2D eigenvalue weighted by atomic mass is 9.96. The molecule has 0 unspecified atom stereocenters. The van der Waals surface area contributed by atoms with Crippen LogP contribution in [0.3, 0.4) is 0 Å². The van der Waals surface area contributed by atoms with E-state index in [-0.39, 0.29) is 35.3 Å². The van der Waals surface area contributed by atoms with Crippen molar-refractivity contribution in [3.8, 4) is 0 Å². The van der Waals surface area contributed by atoms with Gasteiger partial charge < -0.3 is 20.9 Å². The molecular weight excluding hydrogens is 453 g/mol. The number of halogens is 1. The lowest BCUT2D eigenvalue weighted by Crippen LogP contribution is -2.43. The third-order valence-corrected chi connectivity index (χ3v) is 4.30. The van der Waals surface area contributed by atoms with Gasteiger partial charge in [0.2, 0.25) is 5.91 Å². The maximum absolute atomic E-state index is 11.8. The molecule has 0 saturated heterocycles. The molecule has 0 spiro atoms. The molecule has 150 valence electrons. The molecule has 4 N–H and O–H groups in total. The Hall–Kier alpha value is -1.77. The van der Waals surface area contributed by atoms with Crippen LogP contribution in [0.2, 0.25) is 0 Å². The number of hydrogen-bond donors (Lipinski definition) is 4. The van der Waals surface area contributed by atoms with Gasteiger partial charge in [0, 0.05) is 49.2 Å². The van der Waals surface area contributed by atoms with E-state index in [9.17, 15) is 4.79 Å². The second-order valence-corrected chi connectivity index (χ2v) is 7.49. The number of nitrogens with zero attached hydrogens (tertiary/aromatic N) is 1. The minimum absolute atomic E-state index is 0. The first-order valence-electron chi connectivity index (χ1n) is 9.11. The van der Waals surface area contributed by atoms with Crippen molar-refractivity contribution in [1.29, 1.82) is 0 Å². The molecule has 7 heteroatoms. The highest BCUT2D eigenvalue weighted by Gasteiger charge is 2.20. The van der Waals surface area contributed by atoms with Crippen molar-refractivity contribution in [2.75, 3.05) is 26.7 Å². The topological polar surface area (TPSA) is 81.3 Å². The maximum Gasteiger partial charge on any atom is 0.225 e. The highest BCUT2D eigenvalue weighted by atomic mass is 127. The standard InChI is InChI=1S/C20H31N5O.HI/c1-14-7-6-8-16-15(13-25-17(14)16)9-10-23-19(21-5)24-12-11-22-18(26)20(2,3)4;/h6-8,13,25H,9-12H2,1-5H3,(H,22,26)(H2,21,23,24);1H. The molecule has 0 aliphatic carbocycles. The smallest absolute Gasteiger partial charge is 0.225 e. The van der Waals surface area contributed by atoms with Crippen LogP contribution in [0.5, 0.6) is 0 Å². The quantitative estimate of drug-likeness (QED) is 0.220. The minimum atomic E-state index is -0.363. The Balaban J connectivity index is 0.00000364. The number of aromatic amines is 1. The minimum Gasteiger partial charge on any atom is -0.361 e. The Labute approximate surface area is 179 Å². The molecule has 6 nitrogen and oxygen atoms in total.